The van der Waals surface area contributed by atoms with Gasteiger partial charge >= 0.3 is 0 Å². The van der Waals surface area contributed by atoms with E-state index in [4.69, 9.17) is 4.42 Å². The summed E-state index contributed by atoms with van der Waals surface area (Å²) < 4.78 is 5.27. The molecule has 0 radical (unpaired) electrons. The number of amides is 1. The fourth-order valence-corrected chi connectivity index (χ4v) is 3.46. The van der Waals surface area contributed by atoms with Crippen molar-refractivity contribution in [2.75, 3.05) is 11.9 Å². The van der Waals surface area contributed by atoms with Crippen LogP contribution in [0.25, 0.3) is 22.0 Å². The van der Waals surface area contributed by atoms with Crippen molar-refractivity contribution in [3.05, 3.63) is 83.0 Å². The van der Waals surface area contributed by atoms with Crippen LogP contribution in [0.5, 0.6) is 0 Å². The zero-order valence-electron chi connectivity index (χ0n) is 17.5. The van der Waals surface area contributed by atoms with Gasteiger partial charge in [0.1, 0.15) is 5.76 Å². The Bertz CT molecular complexity index is 1220. The van der Waals surface area contributed by atoms with Crippen LogP contribution in [0, 0.1) is 0 Å². The Morgan fingerprint density at radius 3 is 2.66 bits per heavy atom. The molecule has 0 aliphatic carbocycles. The Morgan fingerprint density at radius 2 is 1.84 bits per heavy atom. The van der Waals surface area contributed by atoms with Gasteiger partial charge in [0, 0.05) is 23.1 Å². The van der Waals surface area contributed by atoms with Crippen molar-refractivity contribution in [1.29, 1.82) is 0 Å². The molecule has 4 aromatic rings. The van der Waals surface area contributed by atoms with Crippen LogP contribution in [0.2, 0.25) is 0 Å². The molecule has 0 aliphatic rings. The SMILES string of the molecule is Cl.O=C(CCCCNCc1ccco1)Nc1cccc(-c2n[nH]c(=O)c3ccccc23)c1. The van der Waals surface area contributed by atoms with E-state index in [-0.39, 0.29) is 23.9 Å². The number of anilines is 1. The number of carbonyl (C=O) groups excluding carboxylic acids is 1. The smallest absolute Gasteiger partial charge is 0.272 e. The first kappa shape index (κ1) is 23.2. The fraction of sp³-hybridized carbons (Fsp3) is 0.208. The summed E-state index contributed by atoms with van der Waals surface area (Å²) in [7, 11) is 0. The second-order valence-corrected chi connectivity index (χ2v) is 7.29. The van der Waals surface area contributed by atoms with E-state index in [2.05, 4.69) is 20.8 Å². The second kappa shape index (κ2) is 11.3. The predicted molar refractivity (Wildman–Crippen MR) is 128 cm³/mol. The van der Waals surface area contributed by atoms with Gasteiger partial charge in [0.25, 0.3) is 5.56 Å². The van der Waals surface area contributed by atoms with Gasteiger partial charge in [0.15, 0.2) is 0 Å². The number of hydrogen-bond donors (Lipinski definition) is 3. The Kier molecular flexibility index (Phi) is 8.19. The predicted octanol–water partition coefficient (Wildman–Crippen LogP) is 4.50. The van der Waals surface area contributed by atoms with E-state index in [1.807, 2.05) is 54.6 Å². The number of aromatic amines is 1. The van der Waals surface area contributed by atoms with Crippen molar-refractivity contribution in [3.63, 3.8) is 0 Å². The molecule has 0 saturated carbocycles. The van der Waals surface area contributed by atoms with Gasteiger partial charge in [-0.2, -0.15) is 5.10 Å². The number of furan rings is 1. The van der Waals surface area contributed by atoms with Crippen LogP contribution < -0.4 is 16.2 Å². The average Bonchev–Trinajstić information content (AvgIpc) is 3.30. The van der Waals surface area contributed by atoms with Gasteiger partial charge < -0.3 is 15.1 Å². The third kappa shape index (κ3) is 5.84. The van der Waals surface area contributed by atoms with Gasteiger partial charge in [0.05, 0.1) is 23.9 Å². The topological polar surface area (TPSA) is 100 Å². The molecule has 0 fully saturated rings. The molecule has 2 aromatic carbocycles. The molecule has 1 amide bonds. The summed E-state index contributed by atoms with van der Waals surface area (Å²) in [4.78, 5) is 24.3. The van der Waals surface area contributed by atoms with E-state index in [0.29, 0.717) is 29.7 Å². The highest BCUT2D eigenvalue weighted by Crippen LogP contribution is 2.26. The Morgan fingerprint density at radius 1 is 1.00 bits per heavy atom. The van der Waals surface area contributed by atoms with Crippen LogP contribution >= 0.6 is 12.4 Å². The number of aromatic nitrogens is 2. The summed E-state index contributed by atoms with van der Waals surface area (Å²) in [5.74, 6) is 0.879. The first-order valence-electron chi connectivity index (χ1n) is 10.3. The number of hydrogen-bond acceptors (Lipinski definition) is 5. The molecule has 0 unspecified atom stereocenters. The summed E-state index contributed by atoms with van der Waals surface area (Å²) >= 11 is 0. The third-order valence-electron chi connectivity index (χ3n) is 5.00. The van der Waals surface area contributed by atoms with Gasteiger partial charge in [-0.05, 0) is 49.7 Å². The first-order valence-corrected chi connectivity index (χ1v) is 10.3. The molecule has 32 heavy (non-hydrogen) atoms. The van der Waals surface area contributed by atoms with E-state index < -0.39 is 0 Å². The number of nitrogens with one attached hydrogen (secondary N) is 3. The molecule has 2 heterocycles. The van der Waals surface area contributed by atoms with Gasteiger partial charge in [0.2, 0.25) is 5.91 Å². The number of nitrogens with zero attached hydrogens (tertiary/aromatic N) is 1. The normalized spacial score (nSPS) is 10.6. The number of benzene rings is 2. The fourth-order valence-electron chi connectivity index (χ4n) is 3.46. The van der Waals surface area contributed by atoms with Gasteiger partial charge in [-0.15, -0.1) is 12.4 Å². The summed E-state index contributed by atoms with van der Waals surface area (Å²) in [6.45, 7) is 1.52. The molecule has 0 atom stereocenters. The molecule has 0 saturated heterocycles. The van der Waals surface area contributed by atoms with E-state index >= 15 is 0 Å². The lowest BCUT2D eigenvalue weighted by atomic mass is 10.0. The molecule has 4 rings (SSSR count). The molecule has 0 bridgehead atoms. The van der Waals surface area contributed by atoms with Crippen LogP contribution in [0.3, 0.4) is 0 Å². The number of rotatable bonds is 9. The van der Waals surface area contributed by atoms with Gasteiger partial charge in [-0.25, -0.2) is 5.10 Å². The van der Waals surface area contributed by atoms with Crippen LogP contribution in [-0.4, -0.2) is 22.6 Å². The largest absolute Gasteiger partial charge is 0.468 e. The maximum atomic E-state index is 12.3. The summed E-state index contributed by atoms with van der Waals surface area (Å²) in [5.41, 5.74) is 1.99. The number of halogens is 1. The number of carbonyl (C=O) groups is 1. The molecule has 8 heteroatoms. The minimum atomic E-state index is -0.220. The van der Waals surface area contributed by atoms with Gasteiger partial charge in [-0.1, -0.05) is 30.3 Å². The lowest BCUT2D eigenvalue weighted by Crippen LogP contribution is -2.16. The maximum Gasteiger partial charge on any atom is 0.272 e. The third-order valence-corrected chi connectivity index (χ3v) is 5.00. The second-order valence-electron chi connectivity index (χ2n) is 7.29. The maximum absolute atomic E-state index is 12.3. The standard InChI is InChI=1S/C24H24N4O3.ClH/c29-22(12-3-4-13-25-16-19-9-6-14-31-19)26-18-8-5-7-17(15-18)23-20-10-1-2-11-21(20)24(30)28-27-23;/h1-2,5-11,14-15,25H,3-4,12-13,16H2,(H,26,29)(H,28,30);1H. The quantitative estimate of drug-likeness (QED) is 0.324. The monoisotopic (exact) mass is 452 g/mol. The summed E-state index contributed by atoms with van der Waals surface area (Å²) in [6.07, 6.45) is 3.81. The molecule has 0 spiro atoms. The van der Waals surface area contributed by atoms with E-state index in [0.717, 1.165) is 36.1 Å². The zero-order valence-corrected chi connectivity index (χ0v) is 18.3. The van der Waals surface area contributed by atoms with Crippen molar-refractivity contribution < 1.29 is 9.21 Å². The Balaban J connectivity index is 0.00000289. The van der Waals surface area contributed by atoms with Crippen molar-refractivity contribution in [3.8, 4) is 11.3 Å². The summed E-state index contributed by atoms with van der Waals surface area (Å²) in [5, 5.41) is 14.4. The van der Waals surface area contributed by atoms with Crippen LogP contribution in [0.4, 0.5) is 5.69 Å². The van der Waals surface area contributed by atoms with Crippen molar-refractivity contribution in [2.24, 2.45) is 0 Å². The van der Waals surface area contributed by atoms with Crippen molar-refractivity contribution >= 4 is 34.8 Å². The Labute approximate surface area is 191 Å². The number of H-pyrrole nitrogens is 1. The van der Waals surface area contributed by atoms with E-state index in [1.165, 1.54) is 0 Å². The first-order chi connectivity index (χ1) is 15.2. The van der Waals surface area contributed by atoms with Crippen LogP contribution in [0.15, 0.2) is 76.1 Å². The lowest BCUT2D eigenvalue weighted by molar-refractivity contribution is -0.116. The zero-order chi connectivity index (χ0) is 21.5. The molecular weight excluding hydrogens is 428 g/mol. The number of unbranched alkanes of at least 4 members (excludes halogenated alkanes) is 1. The molecule has 2 aromatic heterocycles. The molecule has 0 aliphatic heterocycles. The van der Waals surface area contributed by atoms with Crippen LogP contribution in [0.1, 0.15) is 25.0 Å². The molecule has 7 nitrogen and oxygen atoms in total. The lowest BCUT2D eigenvalue weighted by Gasteiger charge is -2.09. The van der Waals surface area contributed by atoms with Gasteiger partial charge in [-0.3, -0.25) is 9.59 Å². The highest BCUT2D eigenvalue weighted by molar-refractivity contribution is 5.95. The average molecular weight is 453 g/mol. The minimum absolute atomic E-state index is 0. The molecular formula is C24H25ClN4O3. The minimum Gasteiger partial charge on any atom is -0.468 e. The van der Waals surface area contributed by atoms with E-state index in [9.17, 15) is 9.59 Å². The summed E-state index contributed by atoms with van der Waals surface area (Å²) in [6, 6.07) is 18.6. The Hall–Kier alpha value is -3.42. The van der Waals surface area contributed by atoms with Crippen molar-refractivity contribution in [1.82, 2.24) is 15.5 Å². The van der Waals surface area contributed by atoms with Crippen LogP contribution in [-0.2, 0) is 11.3 Å². The molecule has 3 N–H and O–H groups in total. The molecule has 166 valence electrons. The highest BCUT2D eigenvalue weighted by atomic mass is 35.5. The van der Waals surface area contributed by atoms with Crippen molar-refractivity contribution in [2.45, 2.75) is 25.8 Å². The van der Waals surface area contributed by atoms with E-state index in [1.54, 1.807) is 12.3 Å². The highest BCUT2D eigenvalue weighted by Gasteiger charge is 2.10. The number of fused-ring (bicyclic) bond motifs is 1.